The van der Waals surface area contributed by atoms with Crippen LogP contribution in [0.25, 0.3) is 0 Å². The van der Waals surface area contributed by atoms with E-state index in [2.05, 4.69) is 48.8 Å². The van der Waals surface area contributed by atoms with Crippen molar-refractivity contribution in [2.75, 3.05) is 44.7 Å². The monoisotopic (exact) mass is 513 g/mol. The van der Waals surface area contributed by atoms with Crippen molar-refractivity contribution in [3.05, 3.63) is 53.1 Å². The van der Waals surface area contributed by atoms with Gasteiger partial charge in [-0.05, 0) is 81.1 Å². The number of carbonyl (C=O) groups is 1. The number of hydrogen-bond donors (Lipinski definition) is 0. The predicted molar refractivity (Wildman–Crippen MR) is 152 cm³/mol. The van der Waals surface area contributed by atoms with E-state index in [4.69, 9.17) is 16.3 Å². The number of piperidine rings is 1. The number of ether oxygens (including phenoxy) is 1. The van der Waals surface area contributed by atoms with Gasteiger partial charge in [-0.2, -0.15) is 0 Å². The molecule has 36 heavy (non-hydrogen) atoms. The lowest BCUT2D eigenvalue weighted by Gasteiger charge is -2.40. The lowest BCUT2D eigenvalue weighted by Crippen LogP contribution is -2.43. The van der Waals surface area contributed by atoms with Crippen LogP contribution in [0.4, 0.5) is 11.4 Å². The number of halogens is 1. The molecule has 2 aromatic rings. The molecule has 0 aliphatic carbocycles. The Morgan fingerprint density at radius 2 is 1.56 bits per heavy atom. The van der Waals surface area contributed by atoms with Gasteiger partial charge in [0, 0.05) is 49.2 Å². The molecular formula is C30H44ClN3O2. The first-order valence-electron chi connectivity index (χ1n) is 13.8. The van der Waals surface area contributed by atoms with E-state index >= 15 is 0 Å². The van der Waals surface area contributed by atoms with Gasteiger partial charge in [-0.1, -0.05) is 45.2 Å². The number of benzene rings is 2. The minimum atomic E-state index is 0.135. The van der Waals surface area contributed by atoms with Gasteiger partial charge < -0.3 is 19.4 Å². The van der Waals surface area contributed by atoms with Gasteiger partial charge in [0.15, 0.2) is 0 Å². The molecule has 5 nitrogen and oxygen atoms in total. The van der Waals surface area contributed by atoms with Crippen LogP contribution in [0.15, 0.2) is 42.5 Å². The number of methoxy groups -OCH3 is 1. The highest BCUT2D eigenvalue weighted by atomic mass is 35.5. The van der Waals surface area contributed by atoms with Crippen molar-refractivity contribution >= 4 is 28.9 Å². The van der Waals surface area contributed by atoms with E-state index in [1.54, 1.807) is 7.11 Å². The molecular weight excluding hydrogens is 470 g/mol. The number of likely N-dealkylation sites (tertiary alicyclic amines) is 1. The van der Waals surface area contributed by atoms with Crippen LogP contribution in [0.1, 0.15) is 76.1 Å². The molecule has 1 aliphatic rings. The fourth-order valence-electron chi connectivity index (χ4n) is 5.05. The standard InChI is InChI=1S/C30H44ClN3O2/c1-5-8-19-33(20-9-6-2)30(35)24-10-12-25(13-11-24)34(26-16-21-32(18-7-3)22-17-26)27-14-15-29(36-4)28(31)23-27/h10-15,23,26H,5-9,16-22H2,1-4H3. The van der Waals surface area contributed by atoms with Crippen molar-refractivity contribution in [2.45, 2.75) is 71.8 Å². The molecule has 6 heteroatoms. The normalized spacial score (nSPS) is 14.6. The third-order valence-corrected chi connectivity index (χ3v) is 7.41. The van der Waals surface area contributed by atoms with E-state index < -0.39 is 0 Å². The maximum atomic E-state index is 13.3. The van der Waals surface area contributed by atoms with Crippen LogP contribution in [0.5, 0.6) is 5.75 Å². The van der Waals surface area contributed by atoms with Gasteiger partial charge in [-0.3, -0.25) is 4.79 Å². The lowest BCUT2D eigenvalue weighted by atomic mass is 10.0. The fraction of sp³-hybridized carbons (Fsp3) is 0.567. The number of nitrogens with zero attached hydrogens (tertiary/aromatic N) is 3. The molecule has 1 amide bonds. The van der Waals surface area contributed by atoms with E-state index in [1.807, 2.05) is 29.2 Å². The van der Waals surface area contributed by atoms with E-state index in [9.17, 15) is 4.79 Å². The van der Waals surface area contributed by atoms with Crippen LogP contribution < -0.4 is 9.64 Å². The van der Waals surface area contributed by atoms with E-state index in [1.165, 1.54) is 6.42 Å². The zero-order valence-electron chi connectivity index (χ0n) is 22.6. The number of unbranched alkanes of at least 4 members (excludes halogenated alkanes) is 2. The van der Waals surface area contributed by atoms with Crippen molar-refractivity contribution in [1.82, 2.24) is 9.80 Å². The first-order valence-corrected chi connectivity index (χ1v) is 14.1. The molecule has 2 aromatic carbocycles. The minimum absolute atomic E-state index is 0.135. The van der Waals surface area contributed by atoms with Crippen molar-refractivity contribution in [3.63, 3.8) is 0 Å². The average Bonchev–Trinajstić information content (AvgIpc) is 2.90. The maximum Gasteiger partial charge on any atom is 0.253 e. The van der Waals surface area contributed by atoms with Gasteiger partial charge in [-0.25, -0.2) is 0 Å². The van der Waals surface area contributed by atoms with Crippen molar-refractivity contribution < 1.29 is 9.53 Å². The minimum Gasteiger partial charge on any atom is -0.495 e. The second-order valence-corrected chi connectivity index (χ2v) is 10.2. The number of amides is 1. The molecule has 3 rings (SSSR count). The van der Waals surface area contributed by atoms with Crippen molar-refractivity contribution in [1.29, 1.82) is 0 Å². The SMILES string of the molecule is CCCCN(CCCC)C(=O)c1ccc(N(c2ccc(OC)c(Cl)c2)C2CCN(CCC)CC2)cc1. The molecule has 1 aliphatic heterocycles. The molecule has 0 aromatic heterocycles. The van der Waals surface area contributed by atoms with Gasteiger partial charge in [-0.15, -0.1) is 0 Å². The molecule has 1 saturated heterocycles. The zero-order chi connectivity index (χ0) is 25.9. The first-order chi connectivity index (χ1) is 17.5. The molecule has 0 atom stereocenters. The van der Waals surface area contributed by atoms with Crippen molar-refractivity contribution in [3.8, 4) is 5.75 Å². The van der Waals surface area contributed by atoms with Crippen LogP contribution in [-0.4, -0.2) is 61.6 Å². The Morgan fingerprint density at radius 1 is 0.944 bits per heavy atom. The molecule has 0 N–H and O–H groups in total. The molecule has 1 fully saturated rings. The summed E-state index contributed by atoms with van der Waals surface area (Å²) in [6, 6.07) is 14.6. The summed E-state index contributed by atoms with van der Waals surface area (Å²) >= 11 is 6.54. The third-order valence-electron chi connectivity index (χ3n) is 7.12. The Kier molecular flexibility index (Phi) is 11.4. The van der Waals surface area contributed by atoms with Crippen LogP contribution >= 0.6 is 11.6 Å². The van der Waals surface area contributed by atoms with Gasteiger partial charge in [0.2, 0.25) is 0 Å². The van der Waals surface area contributed by atoms with Crippen LogP contribution in [0.3, 0.4) is 0 Å². The average molecular weight is 514 g/mol. The Hall–Kier alpha value is -2.24. The van der Waals surface area contributed by atoms with Gasteiger partial charge in [0.1, 0.15) is 5.75 Å². The first kappa shape index (κ1) is 28.3. The highest BCUT2D eigenvalue weighted by Gasteiger charge is 2.27. The molecule has 0 radical (unpaired) electrons. The second kappa shape index (κ2) is 14.5. The summed E-state index contributed by atoms with van der Waals surface area (Å²) in [5.41, 5.74) is 2.91. The van der Waals surface area contributed by atoms with E-state index in [0.717, 1.165) is 88.2 Å². The predicted octanol–water partition coefficient (Wildman–Crippen LogP) is 7.40. The van der Waals surface area contributed by atoms with Crippen LogP contribution in [0.2, 0.25) is 5.02 Å². The van der Waals surface area contributed by atoms with Gasteiger partial charge in [0.25, 0.3) is 5.91 Å². The zero-order valence-corrected chi connectivity index (χ0v) is 23.4. The van der Waals surface area contributed by atoms with Crippen molar-refractivity contribution in [2.24, 2.45) is 0 Å². The number of hydrogen-bond acceptors (Lipinski definition) is 4. The molecule has 1 heterocycles. The summed E-state index contributed by atoms with van der Waals surface area (Å²) in [5, 5.41) is 0.609. The van der Waals surface area contributed by atoms with Gasteiger partial charge in [0.05, 0.1) is 12.1 Å². The van der Waals surface area contributed by atoms with Crippen LogP contribution in [-0.2, 0) is 0 Å². The summed E-state index contributed by atoms with van der Waals surface area (Å²) in [4.78, 5) is 20.3. The van der Waals surface area contributed by atoms with Crippen LogP contribution in [0, 0.1) is 0 Å². The fourth-order valence-corrected chi connectivity index (χ4v) is 5.31. The smallest absolute Gasteiger partial charge is 0.253 e. The summed E-state index contributed by atoms with van der Waals surface area (Å²) in [7, 11) is 1.64. The Balaban J connectivity index is 1.86. The Bertz CT molecular complexity index is 934. The highest BCUT2D eigenvalue weighted by molar-refractivity contribution is 6.32. The second-order valence-electron chi connectivity index (χ2n) is 9.81. The maximum absolute atomic E-state index is 13.3. The topological polar surface area (TPSA) is 36.0 Å². The summed E-state index contributed by atoms with van der Waals surface area (Å²) in [5.74, 6) is 0.814. The number of carbonyl (C=O) groups excluding carboxylic acids is 1. The van der Waals surface area contributed by atoms with E-state index in [-0.39, 0.29) is 5.91 Å². The summed E-state index contributed by atoms with van der Waals surface area (Å²) in [6.45, 7) is 11.6. The molecule has 0 bridgehead atoms. The molecule has 0 unspecified atom stereocenters. The molecule has 0 spiro atoms. The molecule has 198 valence electrons. The van der Waals surface area contributed by atoms with Gasteiger partial charge >= 0.3 is 0 Å². The highest BCUT2D eigenvalue weighted by Crippen LogP contribution is 2.36. The summed E-state index contributed by atoms with van der Waals surface area (Å²) < 4.78 is 5.39. The Morgan fingerprint density at radius 3 is 2.08 bits per heavy atom. The molecule has 0 saturated carbocycles. The number of rotatable bonds is 13. The lowest BCUT2D eigenvalue weighted by molar-refractivity contribution is 0.0751. The largest absolute Gasteiger partial charge is 0.495 e. The Labute approximate surface area is 223 Å². The third kappa shape index (κ3) is 7.39. The van der Waals surface area contributed by atoms with E-state index in [0.29, 0.717) is 16.8 Å². The summed E-state index contributed by atoms with van der Waals surface area (Å²) in [6.07, 6.45) is 7.62. The number of anilines is 2. The quantitative estimate of drug-likeness (QED) is 0.279.